The molecule has 1 fully saturated rings. The van der Waals surface area contributed by atoms with Crippen molar-refractivity contribution in [3.8, 4) is 6.07 Å². The second-order valence-electron chi connectivity index (χ2n) is 6.61. The number of hydrogen-bond donors (Lipinski definition) is 2. The van der Waals surface area contributed by atoms with Crippen LogP contribution in [0, 0.1) is 11.3 Å². The zero-order valence-electron chi connectivity index (χ0n) is 15.0. The number of benzene rings is 2. The van der Waals surface area contributed by atoms with E-state index in [4.69, 9.17) is 28.5 Å². The van der Waals surface area contributed by atoms with Crippen molar-refractivity contribution in [3.63, 3.8) is 0 Å². The molecule has 2 aromatic carbocycles. The average Bonchev–Trinajstić information content (AvgIpc) is 2.68. The predicted octanol–water partition coefficient (Wildman–Crippen LogP) is 2.60. The Hall–Kier alpha value is -2.26. The largest absolute Gasteiger partial charge is 0.359 e. The van der Waals surface area contributed by atoms with E-state index in [0.717, 1.165) is 36.9 Å². The predicted molar refractivity (Wildman–Crippen MR) is 109 cm³/mol. The molecule has 7 heteroatoms. The normalized spacial score (nSPS) is 15.9. The molecule has 27 heavy (non-hydrogen) atoms. The molecule has 0 bridgehead atoms. The third kappa shape index (κ3) is 4.54. The highest BCUT2D eigenvalue weighted by atomic mass is 35.5. The first kappa shape index (κ1) is 19.5. The second kappa shape index (κ2) is 8.62. The van der Waals surface area contributed by atoms with Gasteiger partial charge in [-0.15, -0.1) is 0 Å². The molecule has 1 saturated heterocycles. The molecule has 0 aliphatic carbocycles. The molecule has 0 spiro atoms. The Bertz CT molecular complexity index is 873. The van der Waals surface area contributed by atoms with E-state index >= 15 is 0 Å². The van der Waals surface area contributed by atoms with Crippen molar-refractivity contribution >= 4 is 40.5 Å². The minimum absolute atomic E-state index is 0.0584. The summed E-state index contributed by atoms with van der Waals surface area (Å²) in [5, 5.41) is 12.9. The quantitative estimate of drug-likeness (QED) is 0.824. The van der Waals surface area contributed by atoms with Crippen LogP contribution in [0.25, 0.3) is 0 Å². The zero-order chi connectivity index (χ0) is 19.4. The van der Waals surface area contributed by atoms with Gasteiger partial charge in [-0.2, -0.15) is 5.26 Å². The highest BCUT2D eigenvalue weighted by Crippen LogP contribution is 2.25. The number of nitrogens with one attached hydrogen (secondary N) is 2. The number of anilines is 2. The number of para-hydroxylation sites is 1. The topological polar surface area (TPSA) is 60.6 Å². The van der Waals surface area contributed by atoms with Crippen LogP contribution in [0.15, 0.2) is 42.5 Å². The summed E-state index contributed by atoms with van der Waals surface area (Å²) in [5.41, 5.74) is 2.04. The van der Waals surface area contributed by atoms with Crippen LogP contribution in [0.1, 0.15) is 12.5 Å². The van der Waals surface area contributed by atoms with Crippen molar-refractivity contribution in [2.45, 2.75) is 13.0 Å². The van der Waals surface area contributed by atoms with Gasteiger partial charge in [0.05, 0.1) is 47.5 Å². The van der Waals surface area contributed by atoms with Crippen molar-refractivity contribution in [3.05, 3.63) is 58.1 Å². The fraction of sp³-hybridized carbons (Fsp3) is 0.300. The van der Waals surface area contributed by atoms with Gasteiger partial charge in [-0.1, -0.05) is 35.3 Å². The zero-order valence-corrected chi connectivity index (χ0v) is 16.5. The molecule has 140 valence electrons. The summed E-state index contributed by atoms with van der Waals surface area (Å²) in [4.78, 5) is 16.1. The van der Waals surface area contributed by atoms with Gasteiger partial charge in [-0.3, -0.25) is 4.79 Å². The SMILES string of the molecule is C[C@@H](C(=O)Nc1ccc(C#N)c(Cl)c1)[NH+]1CCN(c2ccccc2Cl)CC1. The standard InChI is InChI=1S/C20H20Cl2N4O/c1-14(20(27)24-16-7-6-15(13-23)18(22)12-16)25-8-10-26(11-9-25)19-5-3-2-4-17(19)21/h2-7,12,14H,8-11H2,1H3,(H,24,27)/p+1/t14-/m0/s1. The summed E-state index contributed by atoms with van der Waals surface area (Å²) in [7, 11) is 0. The van der Waals surface area contributed by atoms with Gasteiger partial charge in [0.1, 0.15) is 6.07 Å². The number of halogens is 2. The third-order valence-electron chi connectivity index (χ3n) is 4.96. The maximum Gasteiger partial charge on any atom is 0.282 e. The van der Waals surface area contributed by atoms with Gasteiger partial charge in [0.25, 0.3) is 5.91 Å². The minimum atomic E-state index is -0.187. The van der Waals surface area contributed by atoms with Crippen LogP contribution < -0.4 is 15.1 Å². The van der Waals surface area contributed by atoms with Gasteiger partial charge in [-0.25, -0.2) is 0 Å². The molecule has 0 unspecified atom stereocenters. The fourth-order valence-electron chi connectivity index (χ4n) is 3.30. The number of carbonyl (C=O) groups is 1. The summed E-state index contributed by atoms with van der Waals surface area (Å²) in [6, 6.07) is 14.6. The van der Waals surface area contributed by atoms with Gasteiger partial charge >= 0.3 is 0 Å². The number of nitrogens with zero attached hydrogens (tertiary/aromatic N) is 2. The summed E-state index contributed by atoms with van der Waals surface area (Å²) in [5.74, 6) is -0.0584. The summed E-state index contributed by atoms with van der Waals surface area (Å²) >= 11 is 12.3. The highest BCUT2D eigenvalue weighted by Gasteiger charge is 2.29. The van der Waals surface area contributed by atoms with Crippen molar-refractivity contribution in [2.75, 3.05) is 36.4 Å². The number of piperazine rings is 1. The van der Waals surface area contributed by atoms with Crippen LogP contribution in [0.4, 0.5) is 11.4 Å². The number of carbonyl (C=O) groups excluding carboxylic acids is 1. The molecule has 0 aromatic heterocycles. The monoisotopic (exact) mass is 403 g/mol. The van der Waals surface area contributed by atoms with Gasteiger partial charge in [-0.05, 0) is 37.3 Å². The smallest absolute Gasteiger partial charge is 0.282 e. The summed E-state index contributed by atoms with van der Waals surface area (Å²) < 4.78 is 0. The Morgan fingerprint density at radius 2 is 1.89 bits per heavy atom. The van der Waals surface area contributed by atoms with E-state index in [0.29, 0.717) is 16.3 Å². The Balaban J connectivity index is 1.58. The van der Waals surface area contributed by atoms with Crippen molar-refractivity contribution in [2.24, 2.45) is 0 Å². The van der Waals surface area contributed by atoms with E-state index in [1.807, 2.05) is 37.3 Å². The number of amides is 1. The van der Waals surface area contributed by atoms with Gasteiger partial charge in [0, 0.05) is 5.69 Å². The Morgan fingerprint density at radius 1 is 1.19 bits per heavy atom. The van der Waals surface area contributed by atoms with E-state index in [-0.39, 0.29) is 11.9 Å². The Labute approximate surface area is 169 Å². The molecule has 0 radical (unpaired) electrons. The summed E-state index contributed by atoms with van der Waals surface area (Å²) in [6.07, 6.45) is 0. The van der Waals surface area contributed by atoms with Gasteiger partial charge in [0.2, 0.25) is 0 Å². The first-order chi connectivity index (χ1) is 13.0. The van der Waals surface area contributed by atoms with E-state index in [1.54, 1.807) is 18.2 Å². The van der Waals surface area contributed by atoms with Crippen molar-refractivity contribution in [1.82, 2.24) is 0 Å². The maximum absolute atomic E-state index is 12.6. The van der Waals surface area contributed by atoms with Crippen LogP contribution >= 0.6 is 23.2 Å². The highest BCUT2D eigenvalue weighted by molar-refractivity contribution is 6.33. The fourth-order valence-corrected chi connectivity index (χ4v) is 3.77. The Morgan fingerprint density at radius 3 is 2.52 bits per heavy atom. The van der Waals surface area contributed by atoms with Gasteiger partial charge < -0.3 is 15.1 Å². The molecule has 2 aromatic rings. The lowest BCUT2D eigenvalue weighted by atomic mass is 10.1. The lowest BCUT2D eigenvalue weighted by Crippen LogP contribution is -3.19. The summed E-state index contributed by atoms with van der Waals surface area (Å²) in [6.45, 7) is 5.34. The molecule has 1 atom stereocenters. The van der Waals surface area contributed by atoms with Crippen LogP contribution in [-0.2, 0) is 4.79 Å². The molecule has 3 rings (SSSR count). The van der Waals surface area contributed by atoms with Crippen LogP contribution in [0.5, 0.6) is 0 Å². The molecule has 2 N–H and O–H groups in total. The average molecular weight is 404 g/mol. The van der Waals surface area contributed by atoms with E-state index in [2.05, 4.69) is 10.2 Å². The van der Waals surface area contributed by atoms with Crippen molar-refractivity contribution < 1.29 is 9.69 Å². The molecule has 5 nitrogen and oxygen atoms in total. The van der Waals surface area contributed by atoms with E-state index in [1.165, 1.54) is 4.90 Å². The molecule has 1 aliphatic rings. The van der Waals surface area contributed by atoms with E-state index < -0.39 is 0 Å². The lowest BCUT2D eigenvalue weighted by Gasteiger charge is -2.36. The first-order valence-corrected chi connectivity index (χ1v) is 9.59. The van der Waals surface area contributed by atoms with Gasteiger partial charge in [0.15, 0.2) is 6.04 Å². The molecule has 1 amide bonds. The maximum atomic E-state index is 12.6. The van der Waals surface area contributed by atoms with E-state index in [9.17, 15) is 4.79 Å². The number of hydrogen-bond acceptors (Lipinski definition) is 3. The molecule has 1 heterocycles. The van der Waals surface area contributed by atoms with Crippen molar-refractivity contribution in [1.29, 1.82) is 5.26 Å². The molecular weight excluding hydrogens is 383 g/mol. The number of nitriles is 1. The van der Waals surface area contributed by atoms with Crippen LogP contribution in [0.3, 0.4) is 0 Å². The number of rotatable bonds is 4. The lowest BCUT2D eigenvalue weighted by molar-refractivity contribution is -0.914. The third-order valence-corrected chi connectivity index (χ3v) is 5.59. The molecular formula is C20H21Cl2N4O+. The molecule has 1 aliphatic heterocycles. The first-order valence-electron chi connectivity index (χ1n) is 8.84. The second-order valence-corrected chi connectivity index (χ2v) is 7.43. The molecule has 0 saturated carbocycles. The number of quaternary nitrogens is 1. The van der Waals surface area contributed by atoms with Crippen LogP contribution in [-0.4, -0.2) is 38.1 Å². The Kier molecular flexibility index (Phi) is 6.22. The minimum Gasteiger partial charge on any atom is -0.359 e. The van der Waals surface area contributed by atoms with Crippen LogP contribution in [0.2, 0.25) is 10.0 Å².